The number of amides is 1. The Morgan fingerprint density at radius 2 is 2.38 bits per heavy atom. The van der Waals surface area contributed by atoms with Crippen LogP contribution in [0.5, 0.6) is 11.5 Å². The molecule has 1 heterocycles. The summed E-state index contributed by atoms with van der Waals surface area (Å²) in [4.78, 5) is 11.8. The van der Waals surface area contributed by atoms with E-state index in [1.165, 1.54) is 0 Å². The number of hydrogen-bond acceptors (Lipinski definition) is 4. The normalized spacial score (nSPS) is 14.6. The smallest absolute Gasteiger partial charge is 0.255 e. The standard InChI is InChI=1S/C11H13NO4/c1-7(13)5-12-11(14)8-3-2-4-9-10(8)16-6-15-9/h2-4,7,13H,5-6H2,1H3,(H,12,14). The fourth-order valence-electron chi connectivity index (χ4n) is 1.44. The monoisotopic (exact) mass is 223 g/mol. The number of carbonyl (C=O) groups excluding carboxylic acids is 1. The molecule has 0 aliphatic carbocycles. The van der Waals surface area contributed by atoms with Crippen molar-refractivity contribution in [2.24, 2.45) is 0 Å². The quantitative estimate of drug-likeness (QED) is 0.784. The highest BCUT2D eigenvalue weighted by atomic mass is 16.7. The Kier molecular flexibility index (Phi) is 2.96. The first-order valence-electron chi connectivity index (χ1n) is 5.03. The van der Waals surface area contributed by atoms with Crippen molar-refractivity contribution in [2.45, 2.75) is 13.0 Å². The van der Waals surface area contributed by atoms with Crippen molar-refractivity contribution in [1.82, 2.24) is 5.32 Å². The molecule has 0 aromatic heterocycles. The molecular formula is C11H13NO4. The first-order valence-corrected chi connectivity index (χ1v) is 5.03. The van der Waals surface area contributed by atoms with Crippen molar-refractivity contribution < 1.29 is 19.4 Å². The molecule has 0 bridgehead atoms. The minimum absolute atomic E-state index is 0.135. The summed E-state index contributed by atoms with van der Waals surface area (Å²) < 4.78 is 10.4. The molecule has 1 aliphatic rings. The predicted octanol–water partition coefficient (Wildman–Crippen LogP) is 0.526. The van der Waals surface area contributed by atoms with Gasteiger partial charge in [0.1, 0.15) is 0 Å². The molecule has 0 fully saturated rings. The molecule has 1 atom stereocenters. The Labute approximate surface area is 93.0 Å². The Balaban J connectivity index is 2.15. The van der Waals surface area contributed by atoms with Gasteiger partial charge in [-0.1, -0.05) is 6.07 Å². The fourth-order valence-corrected chi connectivity index (χ4v) is 1.44. The minimum atomic E-state index is -0.571. The maximum Gasteiger partial charge on any atom is 0.255 e. The van der Waals surface area contributed by atoms with Gasteiger partial charge in [-0.25, -0.2) is 0 Å². The molecule has 1 aromatic rings. The molecule has 0 spiro atoms. The molecular weight excluding hydrogens is 210 g/mol. The molecule has 1 unspecified atom stereocenters. The highest BCUT2D eigenvalue weighted by Crippen LogP contribution is 2.35. The summed E-state index contributed by atoms with van der Waals surface area (Å²) >= 11 is 0. The third-order valence-corrected chi connectivity index (χ3v) is 2.20. The van der Waals surface area contributed by atoms with Crippen molar-refractivity contribution >= 4 is 5.91 Å². The van der Waals surface area contributed by atoms with E-state index in [9.17, 15) is 4.79 Å². The lowest BCUT2D eigenvalue weighted by Crippen LogP contribution is -2.30. The van der Waals surface area contributed by atoms with Crippen LogP contribution in [-0.2, 0) is 0 Å². The molecule has 0 radical (unpaired) electrons. The van der Waals surface area contributed by atoms with Crippen molar-refractivity contribution in [3.05, 3.63) is 23.8 Å². The van der Waals surface area contributed by atoms with E-state index in [2.05, 4.69) is 5.32 Å². The van der Waals surface area contributed by atoms with Crippen molar-refractivity contribution in [1.29, 1.82) is 0 Å². The van der Waals surface area contributed by atoms with Crippen LogP contribution in [0.3, 0.4) is 0 Å². The summed E-state index contributed by atoms with van der Waals surface area (Å²) in [5.41, 5.74) is 0.427. The summed E-state index contributed by atoms with van der Waals surface area (Å²) in [6.45, 7) is 1.95. The van der Waals surface area contributed by atoms with E-state index >= 15 is 0 Å². The number of rotatable bonds is 3. The Morgan fingerprint density at radius 1 is 1.56 bits per heavy atom. The van der Waals surface area contributed by atoms with Gasteiger partial charge in [0.25, 0.3) is 5.91 Å². The van der Waals surface area contributed by atoms with Crippen LogP contribution >= 0.6 is 0 Å². The third kappa shape index (κ3) is 2.09. The van der Waals surface area contributed by atoms with Crippen LogP contribution in [0.2, 0.25) is 0 Å². The van der Waals surface area contributed by atoms with Crippen LogP contribution in [0, 0.1) is 0 Å². The van der Waals surface area contributed by atoms with E-state index in [1.54, 1.807) is 25.1 Å². The van der Waals surface area contributed by atoms with E-state index < -0.39 is 6.10 Å². The SMILES string of the molecule is CC(O)CNC(=O)c1cccc2c1OCO2. The number of fused-ring (bicyclic) bond motifs is 1. The number of nitrogens with one attached hydrogen (secondary N) is 1. The zero-order valence-electron chi connectivity index (χ0n) is 8.90. The number of ether oxygens (including phenoxy) is 2. The molecule has 1 aliphatic heterocycles. The van der Waals surface area contributed by atoms with Gasteiger partial charge in [0.05, 0.1) is 11.7 Å². The van der Waals surface area contributed by atoms with Gasteiger partial charge in [0.2, 0.25) is 6.79 Å². The summed E-state index contributed by atoms with van der Waals surface area (Å²) in [5, 5.41) is 11.7. The lowest BCUT2D eigenvalue weighted by molar-refractivity contribution is 0.0919. The summed E-state index contributed by atoms with van der Waals surface area (Å²) in [6, 6.07) is 5.13. The first-order chi connectivity index (χ1) is 7.68. The molecule has 0 saturated heterocycles. The fraction of sp³-hybridized carbons (Fsp3) is 0.364. The minimum Gasteiger partial charge on any atom is -0.454 e. The van der Waals surface area contributed by atoms with E-state index in [1.807, 2.05) is 0 Å². The number of carbonyl (C=O) groups is 1. The van der Waals surface area contributed by atoms with Crippen LogP contribution in [0.25, 0.3) is 0 Å². The molecule has 86 valence electrons. The number of aliphatic hydroxyl groups is 1. The summed E-state index contributed by atoms with van der Waals surface area (Å²) in [5.74, 6) is 0.763. The Bertz CT molecular complexity index is 403. The molecule has 0 saturated carbocycles. The number of aliphatic hydroxyl groups excluding tert-OH is 1. The van der Waals surface area contributed by atoms with Crippen LogP contribution < -0.4 is 14.8 Å². The van der Waals surface area contributed by atoms with Gasteiger partial charge in [0, 0.05) is 6.54 Å². The molecule has 1 aromatic carbocycles. The second-order valence-electron chi connectivity index (χ2n) is 3.60. The maximum absolute atomic E-state index is 11.8. The zero-order valence-corrected chi connectivity index (χ0v) is 8.90. The van der Waals surface area contributed by atoms with Gasteiger partial charge in [-0.15, -0.1) is 0 Å². The Morgan fingerprint density at radius 3 is 3.12 bits per heavy atom. The summed E-state index contributed by atoms with van der Waals surface area (Å²) in [7, 11) is 0. The second kappa shape index (κ2) is 4.40. The molecule has 1 amide bonds. The molecule has 2 rings (SSSR count). The van der Waals surface area contributed by atoms with E-state index in [-0.39, 0.29) is 19.2 Å². The van der Waals surface area contributed by atoms with Gasteiger partial charge in [-0.05, 0) is 19.1 Å². The molecule has 5 nitrogen and oxygen atoms in total. The van der Waals surface area contributed by atoms with E-state index in [4.69, 9.17) is 14.6 Å². The number of hydrogen-bond donors (Lipinski definition) is 2. The van der Waals surface area contributed by atoms with Gasteiger partial charge in [-0.2, -0.15) is 0 Å². The average Bonchev–Trinajstić information content (AvgIpc) is 2.73. The number of para-hydroxylation sites is 1. The van der Waals surface area contributed by atoms with E-state index in [0.717, 1.165) is 0 Å². The lowest BCUT2D eigenvalue weighted by Gasteiger charge is -2.08. The van der Waals surface area contributed by atoms with Crippen LogP contribution in [-0.4, -0.2) is 30.5 Å². The van der Waals surface area contributed by atoms with Crippen LogP contribution in [0.1, 0.15) is 17.3 Å². The van der Waals surface area contributed by atoms with Gasteiger partial charge >= 0.3 is 0 Å². The van der Waals surface area contributed by atoms with Crippen molar-refractivity contribution in [3.8, 4) is 11.5 Å². The van der Waals surface area contributed by atoms with Crippen LogP contribution in [0.4, 0.5) is 0 Å². The highest BCUT2D eigenvalue weighted by molar-refractivity contribution is 5.97. The van der Waals surface area contributed by atoms with E-state index in [0.29, 0.717) is 17.1 Å². The zero-order chi connectivity index (χ0) is 11.5. The number of benzene rings is 1. The van der Waals surface area contributed by atoms with Crippen molar-refractivity contribution in [2.75, 3.05) is 13.3 Å². The highest BCUT2D eigenvalue weighted by Gasteiger charge is 2.21. The van der Waals surface area contributed by atoms with Gasteiger partial charge in [-0.3, -0.25) is 4.79 Å². The molecule has 16 heavy (non-hydrogen) atoms. The second-order valence-corrected chi connectivity index (χ2v) is 3.60. The predicted molar refractivity (Wildman–Crippen MR) is 56.6 cm³/mol. The molecule has 2 N–H and O–H groups in total. The van der Waals surface area contributed by atoms with Gasteiger partial charge < -0.3 is 19.9 Å². The largest absolute Gasteiger partial charge is 0.454 e. The third-order valence-electron chi connectivity index (χ3n) is 2.20. The lowest BCUT2D eigenvalue weighted by atomic mass is 10.1. The topological polar surface area (TPSA) is 67.8 Å². The van der Waals surface area contributed by atoms with Crippen LogP contribution in [0.15, 0.2) is 18.2 Å². The summed E-state index contributed by atoms with van der Waals surface area (Å²) in [6.07, 6.45) is -0.571. The maximum atomic E-state index is 11.8. The molecule has 5 heteroatoms. The van der Waals surface area contributed by atoms with Crippen molar-refractivity contribution in [3.63, 3.8) is 0 Å². The van der Waals surface area contributed by atoms with Gasteiger partial charge in [0.15, 0.2) is 11.5 Å². The first kappa shape index (κ1) is 10.8. The Hall–Kier alpha value is -1.75. The average molecular weight is 223 g/mol.